The summed E-state index contributed by atoms with van der Waals surface area (Å²) in [6.07, 6.45) is 1.13. The zero-order valence-electron chi connectivity index (χ0n) is 9.69. The molecule has 0 bridgehead atoms. The molecular formula is C12H18N2O2. The average Bonchev–Trinajstić information content (AvgIpc) is 2.26. The van der Waals surface area contributed by atoms with Crippen LogP contribution in [0.2, 0.25) is 0 Å². The van der Waals surface area contributed by atoms with Crippen molar-refractivity contribution in [2.24, 2.45) is 5.73 Å². The second kappa shape index (κ2) is 6.12. The van der Waals surface area contributed by atoms with Crippen LogP contribution < -0.4 is 15.8 Å². The predicted molar refractivity (Wildman–Crippen MR) is 64.5 cm³/mol. The van der Waals surface area contributed by atoms with E-state index in [9.17, 15) is 4.79 Å². The van der Waals surface area contributed by atoms with E-state index in [1.807, 2.05) is 25.1 Å². The van der Waals surface area contributed by atoms with E-state index in [1.54, 1.807) is 13.2 Å². The SMILES string of the molecule is COc1cccc(NC(=O)CCC(C)N)c1. The molecule has 0 spiro atoms. The van der Waals surface area contributed by atoms with E-state index in [0.29, 0.717) is 12.8 Å². The van der Waals surface area contributed by atoms with Gasteiger partial charge in [-0.3, -0.25) is 4.79 Å². The van der Waals surface area contributed by atoms with Gasteiger partial charge in [-0.2, -0.15) is 0 Å². The van der Waals surface area contributed by atoms with E-state index < -0.39 is 0 Å². The number of rotatable bonds is 5. The average molecular weight is 222 g/mol. The summed E-state index contributed by atoms with van der Waals surface area (Å²) < 4.78 is 5.06. The van der Waals surface area contributed by atoms with Crippen LogP contribution in [0.1, 0.15) is 19.8 Å². The van der Waals surface area contributed by atoms with Gasteiger partial charge in [-0.05, 0) is 25.5 Å². The molecule has 0 saturated carbocycles. The zero-order chi connectivity index (χ0) is 12.0. The standard InChI is InChI=1S/C12H18N2O2/c1-9(13)6-7-12(15)14-10-4-3-5-11(8-10)16-2/h3-5,8-9H,6-7,13H2,1-2H3,(H,14,15). The number of hydrogen-bond acceptors (Lipinski definition) is 3. The molecular weight excluding hydrogens is 204 g/mol. The van der Waals surface area contributed by atoms with Crippen LogP contribution in [-0.2, 0) is 4.79 Å². The first-order valence-corrected chi connectivity index (χ1v) is 5.31. The number of hydrogen-bond donors (Lipinski definition) is 2. The summed E-state index contributed by atoms with van der Waals surface area (Å²) in [6, 6.07) is 7.32. The summed E-state index contributed by atoms with van der Waals surface area (Å²) >= 11 is 0. The number of ether oxygens (including phenoxy) is 1. The molecule has 3 N–H and O–H groups in total. The van der Waals surface area contributed by atoms with Gasteiger partial charge in [0, 0.05) is 24.2 Å². The van der Waals surface area contributed by atoms with Crippen LogP contribution in [0.15, 0.2) is 24.3 Å². The Morgan fingerprint density at radius 3 is 2.94 bits per heavy atom. The molecule has 0 aliphatic heterocycles. The Balaban J connectivity index is 2.49. The van der Waals surface area contributed by atoms with Crippen molar-refractivity contribution in [1.29, 1.82) is 0 Å². The monoisotopic (exact) mass is 222 g/mol. The highest BCUT2D eigenvalue weighted by Crippen LogP contribution is 2.16. The van der Waals surface area contributed by atoms with Gasteiger partial charge in [0.2, 0.25) is 5.91 Å². The normalized spacial score (nSPS) is 11.9. The van der Waals surface area contributed by atoms with E-state index in [4.69, 9.17) is 10.5 Å². The third-order valence-corrected chi connectivity index (χ3v) is 2.18. The van der Waals surface area contributed by atoms with Gasteiger partial charge < -0.3 is 15.8 Å². The third-order valence-electron chi connectivity index (χ3n) is 2.18. The number of amides is 1. The fourth-order valence-corrected chi connectivity index (χ4v) is 1.28. The minimum Gasteiger partial charge on any atom is -0.497 e. The summed E-state index contributed by atoms with van der Waals surface area (Å²) in [5.41, 5.74) is 6.32. The number of anilines is 1. The van der Waals surface area contributed by atoms with E-state index in [0.717, 1.165) is 11.4 Å². The number of carbonyl (C=O) groups excluding carboxylic acids is 1. The molecule has 0 aliphatic carbocycles. The molecule has 4 heteroatoms. The highest BCUT2D eigenvalue weighted by molar-refractivity contribution is 5.90. The molecule has 16 heavy (non-hydrogen) atoms. The summed E-state index contributed by atoms with van der Waals surface area (Å²) in [6.45, 7) is 1.89. The largest absolute Gasteiger partial charge is 0.497 e. The molecule has 0 aliphatic rings. The second-order valence-corrected chi connectivity index (χ2v) is 3.80. The Kier molecular flexibility index (Phi) is 4.79. The molecule has 1 unspecified atom stereocenters. The van der Waals surface area contributed by atoms with Gasteiger partial charge in [-0.25, -0.2) is 0 Å². The summed E-state index contributed by atoms with van der Waals surface area (Å²) in [5.74, 6) is 0.704. The summed E-state index contributed by atoms with van der Waals surface area (Å²) in [5, 5.41) is 2.80. The molecule has 88 valence electrons. The van der Waals surface area contributed by atoms with Gasteiger partial charge >= 0.3 is 0 Å². The Morgan fingerprint density at radius 2 is 2.31 bits per heavy atom. The van der Waals surface area contributed by atoms with Gasteiger partial charge in [0.25, 0.3) is 0 Å². The maximum atomic E-state index is 11.5. The molecule has 0 heterocycles. The van der Waals surface area contributed by atoms with Crippen LogP contribution in [0, 0.1) is 0 Å². The molecule has 0 aromatic heterocycles. The van der Waals surface area contributed by atoms with Gasteiger partial charge in [0.1, 0.15) is 5.75 Å². The molecule has 1 atom stereocenters. The third kappa shape index (κ3) is 4.31. The molecule has 1 aromatic carbocycles. The van der Waals surface area contributed by atoms with E-state index in [1.165, 1.54) is 0 Å². The first kappa shape index (κ1) is 12.5. The lowest BCUT2D eigenvalue weighted by Crippen LogP contribution is -2.19. The molecule has 1 rings (SSSR count). The van der Waals surface area contributed by atoms with Crippen LogP contribution in [-0.4, -0.2) is 19.1 Å². The highest BCUT2D eigenvalue weighted by Gasteiger charge is 2.04. The number of benzene rings is 1. The molecule has 0 radical (unpaired) electrons. The van der Waals surface area contributed by atoms with Gasteiger partial charge in [-0.15, -0.1) is 0 Å². The van der Waals surface area contributed by atoms with Gasteiger partial charge in [-0.1, -0.05) is 6.07 Å². The molecule has 1 aromatic rings. The van der Waals surface area contributed by atoms with Crippen LogP contribution in [0.3, 0.4) is 0 Å². The summed E-state index contributed by atoms with van der Waals surface area (Å²) in [4.78, 5) is 11.5. The smallest absolute Gasteiger partial charge is 0.224 e. The number of nitrogens with two attached hydrogens (primary N) is 1. The zero-order valence-corrected chi connectivity index (χ0v) is 9.69. The predicted octanol–water partition coefficient (Wildman–Crippen LogP) is 1.76. The van der Waals surface area contributed by atoms with E-state index >= 15 is 0 Å². The first-order valence-electron chi connectivity index (χ1n) is 5.31. The Morgan fingerprint density at radius 1 is 1.56 bits per heavy atom. The summed E-state index contributed by atoms with van der Waals surface area (Å²) in [7, 11) is 1.59. The topological polar surface area (TPSA) is 64.3 Å². The second-order valence-electron chi connectivity index (χ2n) is 3.80. The van der Waals surface area contributed by atoms with Crippen molar-refractivity contribution in [3.63, 3.8) is 0 Å². The lowest BCUT2D eigenvalue weighted by Gasteiger charge is -2.08. The molecule has 0 saturated heterocycles. The van der Waals surface area contributed by atoms with Crippen LogP contribution in [0.5, 0.6) is 5.75 Å². The van der Waals surface area contributed by atoms with E-state index in [-0.39, 0.29) is 11.9 Å². The number of nitrogens with one attached hydrogen (secondary N) is 1. The van der Waals surface area contributed by atoms with Crippen molar-refractivity contribution in [2.45, 2.75) is 25.8 Å². The van der Waals surface area contributed by atoms with Crippen molar-refractivity contribution in [1.82, 2.24) is 0 Å². The van der Waals surface area contributed by atoms with Gasteiger partial charge in [0.15, 0.2) is 0 Å². The Hall–Kier alpha value is -1.55. The van der Waals surface area contributed by atoms with Gasteiger partial charge in [0.05, 0.1) is 7.11 Å². The van der Waals surface area contributed by atoms with Crippen molar-refractivity contribution in [3.8, 4) is 5.75 Å². The fourth-order valence-electron chi connectivity index (χ4n) is 1.28. The number of carbonyl (C=O) groups is 1. The Bertz CT molecular complexity index is 351. The van der Waals surface area contributed by atoms with Crippen LogP contribution >= 0.6 is 0 Å². The van der Waals surface area contributed by atoms with Crippen molar-refractivity contribution < 1.29 is 9.53 Å². The van der Waals surface area contributed by atoms with Crippen molar-refractivity contribution in [3.05, 3.63) is 24.3 Å². The van der Waals surface area contributed by atoms with Crippen molar-refractivity contribution in [2.75, 3.05) is 12.4 Å². The maximum Gasteiger partial charge on any atom is 0.224 e. The Labute approximate surface area is 95.8 Å². The van der Waals surface area contributed by atoms with Crippen LogP contribution in [0.4, 0.5) is 5.69 Å². The van der Waals surface area contributed by atoms with Crippen LogP contribution in [0.25, 0.3) is 0 Å². The molecule has 4 nitrogen and oxygen atoms in total. The molecule has 1 amide bonds. The lowest BCUT2D eigenvalue weighted by atomic mass is 10.2. The lowest BCUT2D eigenvalue weighted by molar-refractivity contribution is -0.116. The maximum absolute atomic E-state index is 11.5. The quantitative estimate of drug-likeness (QED) is 0.798. The number of methoxy groups -OCH3 is 1. The molecule has 0 fully saturated rings. The fraction of sp³-hybridized carbons (Fsp3) is 0.417. The first-order chi connectivity index (χ1) is 7.61. The minimum atomic E-state index is -0.0226. The van der Waals surface area contributed by atoms with Crippen molar-refractivity contribution >= 4 is 11.6 Å². The highest BCUT2D eigenvalue weighted by atomic mass is 16.5. The van der Waals surface area contributed by atoms with E-state index in [2.05, 4.69) is 5.32 Å². The minimum absolute atomic E-state index is 0.0226.